The molecular weight excluding hydrogens is 343 g/mol. The highest BCUT2D eigenvalue weighted by Crippen LogP contribution is 2.25. The lowest BCUT2D eigenvalue weighted by molar-refractivity contribution is 0.0876. The van der Waals surface area contributed by atoms with Gasteiger partial charge in [0.25, 0.3) is 0 Å². The van der Waals surface area contributed by atoms with Crippen LogP contribution in [-0.4, -0.2) is 46.2 Å². The Morgan fingerprint density at radius 3 is 2.37 bits per heavy atom. The maximum atomic E-state index is 13.1. The molecule has 0 saturated carbocycles. The summed E-state index contributed by atoms with van der Waals surface area (Å²) >= 11 is 0. The van der Waals surface area contributed by atoms with Crippen LogP contribution in [0.15, 0.2) is 59.0 Å². The Hall–Kier alpha value is -2.57. The molecule has 27 heavy (non-hydrogen) atoms. The Labute approximate surface area is 158 Å². The largest absolute Gasteiger partial charge is 0.419 e. The van der Waals surface area contributed by atoms with Crippen molar-refractivity contribution in [2.24, 2.45) is 0 Å². The van der Waals surface area contributed by atoms with Crippen LogP contribution in [0.2, 0.25) is 0 Å². The normalized spacial score (nSPS) is 17.1. The van der Waals surface area contributed by atoms with Crippen molar-refractivity contribution in [1.82, 2.24) is 20.0 Å². The average Bonchev–Trinajstić information content (AvgIpc) is 3.20. The van der Waals surface area contributed by atoms with Crippen molar-refractivity contribution in [2.75, 3.05) is 26.2 Å². The van der Waals surface area contributed by atoms with Gasteiger partial charge in [0.1, 0.15) is 5.82 Å². The van der Waals surface area contributed by atoms with Gasteiger partial charge in [0.05, 0.1) is 6.04 Å². The Bertz CT molecular complexity index is 857. The summed E-state index contributed by atoms with van der Waals surface area (Å²) in [5.74, 6) is 0.755. The van der Waals surface area contributed by atoms with E-state index in [-0.39, 0.29) is 11.9 Å². The van der Waals surface area contributed by atoms with Gasteiger partial charge in [-0.05, 0) is 36.8 Å². The standard InChI is InChI=1S/C21H23FN4O/c1-16(20-23-24-21(27-20)18-7-9-19(22)10-8-18)26-13-11-25(12-14-26)15-17-5-3-2-4-6-17/h2-10,16H,11-15H2,1H3. The second-order valence-electron chi connectivity index (χ2n) is 6.93. The van der Waals surface area contributed by atoms with Crippen molar-refractivity contribution in [3.05, 3.63) is 71.9 Å². The lowest BCUT2D eigenvalue weighted by Gasteiger charge is -2.36. The summed E-state index contributed by atoms with van der Waals surface area (Å²) in [7, 11) is 0. The quantitative estimate of drug-likeness (QED) is 0.688. The van der Waals surface area contributed by atoms with Crippen LogP contribution in [-0.2, 0) is 6.54 Å². The van der Waals surface area contributed by atoms with Crippen LogP contribution in [0.3, 0.4) is 0 Å². The minimum Gasteiger partial charge on any atom is -0.419 e. The third-order valence-electron chi connectivity index (χ3n) is 5.09. The molecule has 0 bridgehead atoms. The number of nitrogens with zero attached hydrogens (tertiary/aromatic N) is 4. The fraction of sp³-hybridized carbons (Fsp3) is 0.333. The van der Waals surface area contributed by atoms with Gasteiger partial charge in [-0.25, -0.2) is 4.39 Å². The predicted molar refractivity (Wildman–Crippen MR) is 101 cm³/mol. The smallest absolute Gasteiger partial charge is 0.247 e. The van der Waals surface area contributed by atoms with Gasteiger partial charge < -0.3 is 4.42 Å². The lowest BCUT2D eigenvalue weighted by atomic mass is 10.2. The van der Waals surface area contributed by atoms with E-state index in [2.05, 4.69) is 51.2 Å². The Kier molecular flexibility index (Phi) is 5.27. The molecule has 1 aromatic heterocycles. The Morgan fingerprint density at radius 2 is 1.67 bits per heavy atom. The first-order valence-electron chi connectivity index (χ1n) is 9.29. The summed E-state index contributed by atoms with van der Waals surface area (Å²) in [6.07, 6.45) is 0. The highest BCUT2D eigenvalue weighted by Gasteiger charge is 2.25. The Morgan fingerprint density at radius 1 is 0.963 bits per heavy atom. The summed E-state index contributed by atoms with van der Waals surface area (Å²) in [6, 6.07) is 16.7. The van der Waals surface area contributed by atoms with E-state index in [4.69, 9.17) is 4.42 Å². The summed E-state index contributed by atoms with van der Waals surface area (Å²) in [5.41, 5.74) is 2.08. The van der Waals surface area contributed by atoms with Crippen molar-refractivity contribution < 1.29 is 8.81 Å². The molecular formula is C21H23FN4O. The van der Waals surface area contributed by atoms with Crippen LogP contribution in [0.25, 0.3) is 11.5 Å². The number of rotatable bonds is 5. The van der Waals surface area contributed by atoms with Gasteiger partial charge in [0.15, 0.2) is 0 Å². The number of benzene rings is 2. The van der Waals surface area contributed by atoms with Crippen LogP contribution in [0, 0.1) is 5.82 Å². The molecule has 0 aliphatic carbocycles. The zero-order valence-corrected chi connectivity index (χ0v) is 15.4. The third kappa shape index (κ3) is 4.23. The molecule has 4 rings (SSSR count). The van der Waals surface area contributed by atoms with E-state index >= 15 is 0 Å². The maximum Gasteiger partial charge on any atom is 0.247 e. The van der Waals surface area contributed by atoms with Crippen molar-refractivity contribution >= 4 is 0 Å². The number of piperazine rings is 1. The number of hydrogen-bond acceptors (Lipinski definition) is 5. The molecule has 140 valence electrons. The number of aromatic nitrogens is 2. The van der Waals surface area contributed by atoms with Crippen LogP contribution in [0.1, 0.15) is 24.4 Å². The average molecular weight is 366 g/mol. The van der Waals surface area contributed by atoms with Gasteiger partial charge >= 0.3 is 0 Å². The molecule has 1 unspecified atom stereocenters. The van der Waals surface area contributed by atoms with Crippen LogP contribution < -0.4 is 0 Å². The van der Waals surface area contributed by atoms with E-state index in [1.807, 2.05) is 6.07 Å². The summed E-state index contributed by atoms with van der Waals surface area (Å²) in [4.78, 5) is 4.83. The maximum absolute atomic E-state index is 13.1. The fourth-order valence-corrected chi connectivity index (χ4v) is 3.42. The number of halogens is 1. The highest BCUT2D eigenvalue weighted by molar-refractivity contribution is 5.51. The summed E-state index contributed by atoms with van der Waals surface area (Å²) in [5, 5.41) is 8.34. The Balaban J connectivity index is 1.35. The molecule has 1 aliphatic heterocycles. The molecule has 2 heterocycles. The molecule has 5 nitrogen and oxygen atoms in total. The van der Waals surface area contributed by atoms with E-state index in [1.165, 1.54) is 17.7 Å². The zero-order chi connectivity index (χ0) is 18.6. The summed E-state index contributed by atoms with van der Waals surface area (Å²) in [6.45, 7) is 7.02. The molecule has 0 radical (unpaired) electrons. The molecule has 1 atom stereocenters. The highest BCUT2D eigenvalue weighted by atomic mass is 19.1. The second kappa shape index (κ2) is 7.98. The van der Waals surface area contributed by atoms with Gasteiger partial charge in [-0.1, -0.05) is 30.3 Å². The van der Waals surface area contributed by atoms with Crippen LogP contribution in [0.4, 0.5) is 4.39 Å². The van der Waals surface area contributed by atoms with Gasteiger partial charge in [-0.15, -0.1) is 10.2 Å². The van der Waals surface area contributed by atoms with Crippen molar-refractivity contribution in [1.29, 1.82) is 0 Å². The van der Waals surface area contributed by atoms with Crippen LogP contribution >= 0.6 is 0 Å². The van der Waals surface area contributed by atoms with Crippen molar-refractivity contribution in [3.63, 3.8) is 0 Å². The van der Waals surface area contributed by atoms with Crippen LogP contribution in [0.5, 0.6) is 0 Å². The van der Waals surface area contributed by atoms with E-state index < -0.39 is 0 Å². The van der Waals surface area contributed by atoms with Crippen molar-refractivity contribution in [2.45, 2.75) is 19.5 Å². The molecule has 1 fully saturated rings. The van der Waals surface area contributed by atoms with Gasteiger partial charge in [-0.3, -0.25) is 9.80 Å². The molecule has 1 aliphatic rings. The molecule has 0 spiro atoms. The molecule has 6 heteroatoms. The SMILES string of the molecule is CC(c1nnc(-c2ccc(F)cc2)o1)N1CCN(Cc2ccccc2)CC1. The van der Waals surface area contributed by atoms with E-state index in [1.54, 1.807) is 12.1 Å². The first kappa shape index (κ1) is 17.8. The molecule has 1 saturated heterocycles. The molecule has 2 aromatic carbocycles. The van der Waals surface area contributed by atoms with Crippen molar-refractivity contribution in [3.8, 4) is 11.5 Å². The van der Waals surface area contributed by atoms with E-state index in [9.17, 15) is 4.39 Å². The third-order valence-corrected chi connectivity index (χ3v) is 5.09. The van der Waals surface area contributed by atoms with E-state index in [0.717, 1.165) is 38.3 Å². The molecule has 0 amide bonds. The van der Waals surface area contributed by atoms with Gasteiger partial charge in [0.2, 0.25) is 11.8 Å². The monoisotopic (exact) mass is 366 g/mol. The van der Waals surface area contributed by atoms with Gasteiger partial charge in [-0.2, -0.15) is 0 Å². The minimum atomic E-state index is -0.278. The first-order chi connectivity index (χ1) is 13.2. The van der Waals surface area contributed by atoms with E-state index in [0.29, 0.717) is 11.8 Å². The minimum absolute atomic E-state index is 0.0607. The predicted octanol–water partition coefficient (Wildman–Crippen LogP) is 3.75. The lowest BCUT2D eigenvalue weighted by Crippen LogP contribution is -2.46. The van der Waals surface area contributed by atoms with Gasteiger partial charge in [0, 0.05) is 38.3 Å². The first-order valence-corrected chi connectivity index (χ1v) is 9.29. The fourth-order valence-electron chi connectivity index (χ4n) is 3.42. The second-order valence-corrected chi connectivity index (χ2v) is 6.93. The zero-order valence-electron chi connectivity index (χ0n) is 15.4. The molecule has 3 aromatic rings. The molecule has 0 N–H and O–H groups in total. The number of hydrogen-bond donors (Lipinski definition) is 0. The summed E-state index contributed by atoms with van der Waals surface area (Å²) < 4.78 is 18.9. The topological polar surface area (TPSA) is 45.4 Å².